The molecule has 0 radical (unpaired) electrons. The molecule has 2 N–H and O–H groups in total. The molecule has 7 nitrogen and oxygen atoms in total. The first-order chi connectivity index (χ1) is 15.7. The minimum absolute atomic E-state index is 0.0435. The zero-order valence-electron chi connectivity index (χ0n) is 18.8. The van der Waals surface area contributed by atoms with Crippen LogP contribution in [0.4, 0.5) is 10.1 Å². The summed E-state index contributed by atoms with van der Waals surface area (Å²) in [5.74, 6) is 1.50. The van der Waals surface area contributed by atoms with Crippen molar-refractivity contribution in [2.24, 2.45) is 25.9 Å². The van der Waals surface area contributed by atoms with Gasteiger partial charge >= 0.3 is 0 Å². The smallest absolute Gasteiger partial charge is 0.274 e. The molecular formula is C24H27ClFN5O2. The number of benzene rings is 1. The van der Waals surface area contributed by atoms with Gasteiger partial charge in [-0.1, -0.05) is 11.6 Å². The zero-order valence-corrected chi connectivity index (χ0v) is 19.6. The van der Waals surface area contributed by atoms with Gasteiger partial charge in [0.25, 0.3) is 5.91 Å². The minimum atomic E-state index is -0.902. The molecule has 33 heavy (non-hydrogen) atoms. The van der Waals surface area contributed by atoms with Crippen molar-refractivity contribution < 1.29 is 14.3 Å². The molecular weight excluding hydrogens is 445 g/mol. The highest BCUT2D eigenvalue weighted by Gasteiger charge is 2.52. The molecule has 0 saturated heterocycles. The quantitative estimate of drug-likeness (QED) is 0.594. The molecule has 2 atom stereocenters. The highest BCUT2D eigenvalue weighted by molar-refractivity contribution is 6.31. The fourth-order valence-corrected chi connectivity index (χ4v) is 6.02. The van der Waals surface area contributed by atoms with E-state index in [4.69, 9.17) is 16.6 Å². The molecule has 1 amide bonds. The van der Waals surface area contributed by atoms with Crippen LogP contribution >= 0.6 is 11.6 Å². The number of aliphatic hydroxyl groups is 1. The van der Waals surface area contributed by atoms with E-state index < -0.39 is 11.4 Å². The molecule has 0 spiro atoms. The van der Waals surface area contributed by atoms with Crippen molar-refractivity contribution in [1.29, 1.82) is 0 Å². The molecule has 2 aliphatic carbocycles. The maximum absolute atomic E-state index is 13.5. The third-order valence-corrected chi connectivity index (χ3v) is 7.69. The molecule has 3 aromatic rings. The highest BCUT2D eigenvalue weighted by Crippen LogP contribution is 2.56. The Morgan fingerprint density at radius 3 is 2.58 bits per heavy atom. The van der Waals surface area contributed by atoms with E-state index in [2.05, 4.69) is 10.3 Å². The van der Waals surface area contributed by atoms with Crippen molar-refractivity contribution in [1.82, 2.24) is 19.1 Å². The largest absolute Gasteiger partial charge is 0.382 e. The van der Waals surface area contributed by atoms with E-state index in [-0.39, 0.29) is 16.8 Å². The van der Waals surface area contributed by atoms with Gasteiger partial charge in [-0.05, 0) is 62.6 Å². The lowest BCUT2D eigenvalue weighted by Gasteiger charge is -2.24. The van der Waals surface area contributed by atoms with Crippen molar-refractivity contribution in [2.45, 2.75) is 44.1 Å². The van der Waals surface area contributed by atoms with E-state index in [0.717, 1.165) is 30.2 Å². The summed E-state index contributed by atoms with van der Waals surface area (Å²) in [6, 6.07) is 4.12. The Hall–Kier alpha value is -2.71. The lowest BCUT2D eigenvalue weighted by molar-refractivity contribution is 0.0228. The van der Waals surface area contributed by atoms with Gasteiger partial charge in [-0.25, -0.2) is 14.4 Å². The molecule has 0 bridgehead atoms. The Morgan fingerprint density at radius 1 is 1.27 bits per heavy atom. The number of nitrogens with one attached hydrogen (secondary N) is 1. The van der Waals surface area contributed by atoms with Crippen molar-refractivity contribution in [3.63, 3.8) is 0 Å². The third-order valence-electron chi connectivity index (χ3n) is 7.40. The van der Waals surface area contributed by atoms with E-state index in [0.29, 0.717) is 36.1 Å². The normalized spacial score (nSPS) is 26.5. The summed E-state index contributed by atoms with van der Waals surface area (Å²) < 4.78 is 17.2. The SMILES string of the molecule is Cc1nc(C2CC3CC(O)(c4nccn4C)CC3C2)c(C(=O)Nc2ccc(F)c(Cl)c2)n1C. The van der Waals surface area contributed by atoms with Gasteiger partial charge in [0.05, 0.1) is 10.7 Å². The number of nitrogens with zero attached hydrogens (tertiary/aromatic N) is 4. The first-order valence-corrected chi connectivity index (χ1v) is 11.5. The van der Waals surface area contributed by atoms with Gasteiger partial charge in [-0.3, -0.25) is 4.79 Å². The second kappa shape index (κ2) is 7.95. The van der Waals surface area contributed by atoms with Crippen LogP contribution in [0.3, 0.4) is 0 Å². The molecule has 1 aromatic carbocycles. The summed E-state index contributed by atoms with van der Waals surface area (Å²) in [6.45, 7) is 1.88. The zero-order chi connectivity index (χ0) is 23.5. The van der Waals surface area contributed by atoms with Gasteiger partial charge in [-0.15, -0.1) is 0 Å². The number of aromatic nitrogens is 4. The van der Waals surface area contributed by atoms with Crippen LogP contribution in [0.5, 0.6) is 0 Å². The van der Waals surface area contributed by atoms with E-state index in [1.165, 1.54) is 18.2 Å². The Kier molecular flexibility index (Phi) is 5.33. The average molecular weight is 472 g/mol. The van der Waals surface area contributed by atoms with Gasteiger partial charge in [0.2, 0.25) is 0 Å². The lowest BCUT2D eigenvalue weighted by atomic mass is 9.91. The number of carbonyl (C=O) groups excluding carboxylic acids is 1. The third kappa shape index (κ3) is 3.75. The van der Waals surface area contributed by atoms with Crippen LogP contribution < -0.4 is 5.32 Å². The number of anilines is 1. The fourth-order valence-electron chi connectivity index (χ4n) is 5.84. The average Bonchev–Trinajstić information content (AvgIpc) is 3.48. The number of aryl methyl sites for hydroxylation is 2. The second-order valence-corrected chi connectivity index (χ2v) is 9.93. The van der Waals surface area contributed by atoms with E-state index >= 15 is 0 Å². The molecule has 2 aromatic heterocycles. The van der Waals surface area contributed by atoms with Crippen LogP contribution in [-0.2, 0) is 19.7 Å². The molecule has 5 rings (SSSR count). The maximum atomic E-state index is 13.5. The van der Waals surface area contributed by atoms with Crippen LogP contribution in [-0.4, -0.2) is 30.1 Å². The van der Waals surface area contributed by atoms with Crippen LogP contribution in [0.2, 0.25) is 5.02 Å². The number of rotatable bonds is 4. The Morgan fingerprint density at radius 2 is 1.97 bits per heavy atom. The standard InChI is InChI=1S/C24H27ClFN5O2/c1-13-28-20(21(31(13)3)22(32)29-17-4-5-19(26)18(25)10-17)14-8-15-11-24(33,12-16(15)9-14)23-27-6-7-30(23)2/h4-7,10,14-16,33H,8-9,11-12H2,1-3H3,(H,29,32). The second-order valence-electron chi connectivity index (χ2n) is 9.52. The van der Waals surface area contributed by atoms with Gasteiger partial charge in [-0.2, -0.15) is 0 Å². The number of fused-ring (bicyclic) bond motifs is 1. The first kappa shape index (κ1) is 22.1. The molecule has 2 unspecified atom stereocenters. The van der Waals surface area contributed by atoms with E-state index in [1.807, 2.05) is 31.8 Å². The molecule has 9 heteroatoms. The van der Waals surface area contributed by atoms with Crippen LogP contribution in [0.25, 0.3) is 0 Å². The Balaban J connectivity index is 1.36. The molecule has 174 valence electrons. The summed E-state index contributed by atoms with van der Waals surface area (Å²) in [6.07, 6.45) is 6.66. The van der Waals surface area contributed by atoms with Crippen molar-refractivity contribution >= 4 is 23.2 Å². The molecule has 2 saturated carbocycles. The van der Waals surface area contributed by atoms with Crippen LogP contribution in [0.15, 0.2) is 30.6 Å². The minimum Gasteiger partial charge on any atom is -0.382 e. The summed E-state index contributed by atoms with van der Waals surface area (Å²) in [7, 11) is 3.74. The molecule has 2 heterocycles. The van der Waals surface area contributed by atoms with Gasteiger partial charge < -0.3 is 19.6 Å². The number of hydrogen-bond donors (Lipinski definition) is 2. The van der Waals surface area contributed by atoms with Gasteiger partial charge in [0.1, 0.15) is 28.8 Å². The van der Waals surface area contributed by atoms with Crippen LogP contribution in [0, 0.1) is 24.6 Å². The summed E-state index contributed by atoms with van der Waals surface area (Å²) in [4.78, 5) is 22.3. The summed E-state index contributed by atoms with van der Waals surface area (Å²) in [5, 5.41) is 14.1. The molecule has 0 aliphatic heterocycles. The van der Waals surface area contributed by atoms with E-state index in [1.54, 1.807) is 10.8 Å². The van der Waals surface area contributed by atoms with Crippen molar-refractivity contribution in [3.8, 4) is 0 Å². The molecule has 2 aliphatic rings. The van der Waals surface area contributed by atoms with Crippen molar-refractivity contribution in [3.05, 3.63) is 64.5 Å². The van der Waals surface area contributed by atoms with E-state index in [9.17, 15) is 14.3 Å². The van der Waals surface area contributed by atoms with Crippen molar-refractivity contribution in [2.75, 3.05) is 5.32 Å². The highest BCUT2D eigenvalue weighted by atomic mass is 35.5. The number of amides is 1. The fraction of sp³-hybridized carbons (Fsp3) is 0.458. The maximum Gasteiger partial charge on any atom is 0.274 e. The predicted octanol–water partition coefficient (Wildman–Crippen LogP) is 4.30. The van der Waals surface area contributed by atoms with Gasteiger partial charge in [0, 0.05) is 38.1 Å². The first-order valence-electron chi connectivity index (χ1n) is 11.2. The lowest BCUT2D eigenvalue weighted by Crippen LogP contribution is -2.27. The number of hydrogen-bond acceptors (Lipinski definition) is 4. The topological polar surface area (TPSA) is 85.0 Å². The summed E-state index contributed by atoms with van der Waals surface area (Å²) in [5.41, 5.74) is 0.827. The number of carbonyl (C=O) groups is 1. The number of halogens is 2. The Labute approximate surface area is 196 Å². The number of imidazole rings is 2. The predicted molar refractivity (Wildman–Crippen MR) is 123 cm³/mol. The monoisotopic (exact) mass is 471 g/mol. The van der Waals surface area contributed by atoms with Gasteiger partial charge in [0.15, 0.2) is 0 Å². The summed E-state index contributed by atoms with van der Waals surface area (Å²) >= 11 is 5.87. The van der Waals surface area contributed by atoms with Crippen LogP contribution in [0.1, 0.15) is 59.4 Å². The Bertz CT molecular complexity index is 1220. The molecule has 2 fully saturated rings.